The van der Waals surface area contributed by atoms with Crippen molar-refractivity contribution in [2.75, 3.05) is 0 Å². The van der Waals surface area contributed by atoms with E-state index in [0.717, 1.165) is 11.1 Å². The average molecular weight is 340 g/mol. The third-order valence-corrected chi connectivity index (χ3v) is 3.83. The van der Waals surface area contributed by atoms with E-state index in [4.69, 9.17) is 9.47 Å². The minimum Gasteiger partial charge on any atom is -0.475 e. The largest absolute Gasteiger partial charge is 0.475 e. The Hall–Kier alpha value is -2.89. The standard InChI is InChI=1S/C19H20N2O4/c1-12(2)24-18-14(7-5-9-20-18)11-21-17(22)16-10-13-6-3-4-8-15(13)19(23)25-16/h3-9,12,16H,10-11H2,1-2H3,(H,21,22). The van der Waals surface area contributed by atoms with E-state index < -0.39 is 12.1 Å². The lowest BCUT2D eigenvalue weighted by Crippen LogP contribution is -2.41. The van der Waals surface area contributed by atoms with E-state index in [1.165, 1.54) is 0 Å². The lowest BCUT2D eigenvalue weighted by molar-refractivity contribution is -0.130. The summed E-state index contributed by atoms with van der Waals surface area (Å²) < 4.78 is 10.9. The molecular weight excluding hydrogens is 320 g/mol. The molecule has 1 aromatic heterocycles. The SMILES string of the molecule is CC(C)Oc1ncccc1CNC(=O)C1Cc2ccccc2C(=O)O1. The number of fused-ring (bicyclic) bond motifs is 1. The van der Waals surface area contributed by atoms with Crippen molar-refractivity contribution >= 4 is 11.9 Å². The van der Waals surface area contributed by atoms with Gasteiger partial charge in [0.05, 0.1) is 11.7 Å². The molecule has 1 N–H and O–H groups in total. The van der Waals surface area contributed by atoms with E-state index in [1.807, 2.05) is 32.0 Å². The number of carbonyl (C=O) groups excluding carboxylic acids is 2. The van der Waals surface area contributed by atoms with Gasteiger partial charge in [-0.2, -0.15) is 0 Å². The van der Waals surface area contributed by atoms with Gasteiger partial charge in [0.15, 0.2) is 6.10 Å². The van der Waals surface area contributed by atoms with Gasteiger partial charge in [0.25, 0.3) is 5.91 Å². The van der Waals surface area contributed by atoms with E-state index >= 15 is 0 Å². The Labute approximate surface area is 146 Å². The highest BCUT2D eigenvalue weighted by molar-refractivity contribution is 5.95. The number of cyclic esters (lactones) is 1. The van der Waals surface area contributed by atoms with Crippen LogP contribution in [0.2, 0.25) is 0 Å². The summed E-state index contributed by atoms with van der Waals surface area (Å²) in [4.78, 5) is 28.6. The summed E-state index contributed by atoms with van der Waals surface area (Å²) in [6.45, 7) is 4.08. The van der Waals surface area contributed by atoms with Crippen molar-refractivity contribution < 1.29 is 19.1 Å². The zero-order valence-electron chi connectivity index (χ0n) is 14.2. The zero-order chi connectivity index (χ0) is 17.8. The summed E-state index contributed by atoms with van der Waals surface area (Å²) >= 11 is 0. The number of hydrogen-bond acceptors (Lipinski definition) is 5. The molecule has 1 aromatic carbocycles. The molecule has 0 radical (unpaired) electrons. The predicted molar refractivity (Wildman–Crippen MR) is 91.2 cm³/mol. The van der Waals surface area contributed by atoms with Gasteiger partial charge in [0.1, 0.15) is 0 Å². The van der Waals surface area contributed by atoms with Gasteiger partial charge in [0, 0.05) is 24.7 Å². The summed E-state index contributed by atoms with van der Waals surface area (Å²) in [5.74, 6) is -0.307. The number of aromatic nitrogens is 1. The van der Waals surface area contributed by atoms with Crippen LogP contribution < -0.4 is 10.1 Å². The molecule has 0 bridgehead atoms. The second-order valence-electron chi connectivity index (χ2n) is 6.11. The molecule has 1 aliphatic heterocycles. The number of ether oxygens (including phenoxy) is 2. The number of rotatable bonds is 5. The van der Waals surface area contributed by atoms with Crippen molar-refractivity contribution in [3.05, 3.63) is 59.3 Å². The first-order valence-corrected chi connectivity index (χ1v) is 8.21. The number of hydrogen-bond donors (Lipinski definition) is 1. The fourth-order valence-corrected chi connectivity index (χ4v) is 2.66. The molecule has 2 aromatic rings. The normalized spacial score (nSPS) is 16.1. The van der Waals surface area contributed by atoms with Crippen LogP contribution in [0.3, 0.4) is 0 Å². The van der Waals surface area contributed by atoms with Gasteiger partial charge in [-0.25, -0.2) is 9.78 Å². The van der Waals surface area contributed by atoms with Gasteiger partial charge in [0.2, 0.25) is 5.88 Å². The molecule has 25 heavy (non-hydrogen) atoms. The first-order valence-electron chi connectivity index (χ1n) is 8.21. The van der Waals surface area contributed by atoms with Crippen molar-refractivity contribution in [1.82, 2.24) is 10.3 Å². The van der Waals surface area contributed by atoms with Crippen LogP contribution >= 0.6 is 0 Å². The van der Waals surface area contributed by atoms with Crippen molar-refractivity contribution in [1.29, 1.82) is 0 Å². The minimum atomic E-state index is -0.825. The molecule has 0 spiro atoms. The number of benzene rings is 1. The smallest absolute Gasteiger partial charge is 0.339 e. The highest BCUT2D eigenvalue weighted by Crippen LogP contribution is 2.21. The molecule has 6 nitrogen and oxygen atoms in total. The van der Waals surface area contributed by atoms with Crippen LogP contribution in [-0.2, 0) is 22.5 Å². The van der Waals surface area contributed by atoms with Gasteiger partial charge >= 0.3 is 5.97 Å². The van der Waals surface area contributed by atoms with Crippen LogP contribution in [0.5, 0.6) is 5.88 Å². The Balaban J connectivity index is 1.65. The average Bonchev–Trinajstić information content (AvgIpc) is 2.60. The van der Waals surface area contributed by atoms with Crippen LogP contribution in [0.15, 0.2) is 42.6 Å². The molecule has 2 heterocycles. The maximum Gasteiger partial charge on any atom is 0.339 e. The second-order valence-corrected chi connectivity index (χ2v) is 6.11. The summed E-state index contributed by atoms with van der Waals surface area (Å²) in [7, 11) is 0. The number of pyridine rings is 1. The number of esters is 1. The highest BCUT2D eigenvalue weighted by atomic mass is 16.5. The van der Waals surface area contributed by atoms with Gasteiger partial charge in [-0.1, -0.05) is 24.3 Å². The van der Waals surface area contributed by atoms with E-state index in [2.05, 4.69) is 10.3 Å². The Morgan fingerprint density at radius 1 is 1.32 bits per heavy atom. The Morgan fingerprint density at radius 3 is 2.92 bits per heavy atom. The summed E-state index contributed by atoms with van der Waals surface area (Å²) in [5, 5.41) is 2.80. The zero-order valence-corrected chi connectivity index (χ0v) is 14.2. The number of carbonyl (C=O) groups is 2. The third kappa shape index (κ3) is 3.96. The maximum absolute atomic E-state index is 12.4. The minimum absolute atomic E-state index is 0.0137. The van der Waals surface area contributed by atoms with E-state index in [9.17, 15) is 9.59 Å². The summed E-state index contributed by atoms with van der Waals surface area (Å²) in [6, 6.07) is 10.8. The molecular formula is C19H20N2O4. The fraction of sp³-hybridized carbons (Fsp3) is 0.316. The van der Waals surface area contributed by atoms with Gasteiger partial charge in [-0.15, -0.1) is 0 Å². The lowest BCUT2D eigenvalue weighted by Gasteiger charge is -2.24. The van der Waals surface area contributed by atoms with E-state index in [1.54, 1.807) is 24.4 Å². The van der Waals surface area contributed by atoms with Crippen molar-refractivity contribution in [3.8, 4) is 5.88 Å². The number of nitrogens with zero attached hydrogens (tertiary/aromatic N) is 1. The molecule has 0 aliphatic carbocycles. The molecule has 0 saturated carbocycles. The number of nitrogens with one attached hydrogen (secondary N) is 1. The Bertz CT molecular complexity index is 788. The van der Waals surface area contributed by atoms with Crippen molar-refractivity contribution in [3.63, 3.8) is 0 Å². The van der Waals surface area contributed by atoms with Crippen LogP contribution in [0.25, 0.3) is 0 Å². The van der Waals surface area contributed by atoms with Crippen LogP contribution in [0.4, 0.5) is 0 Å². The van der Waals surface area contributed by atoms with Gasteiger partial charge in [-0.3, -0.25) is 4.79 Å². The van der Waals surface area contributed by atoms with Crippen LogP contribution in [0.1, 0.15) is 35.3 Å². The quantitative estimate of drug-likeness (QED) is 0.845. The molecule has 1 atom stereocenters. The fourth-order valence-electron chi connectivity index (χ4n) is 2.66. The number of amides is 1. The van der Waals surface area contributed by atoms with Crippen LogP contribution in [0, 0.1) is 0 Å². The van der Waals surface area contributed by atoms with Gasteiger partial charge < -0.3 is 14.8 Å². The monoisotopic (exact) mass is 340 g/mol. The molecule has 1 unspecified atom stereocenters. The Morgan fingerprint density at radius 2 is 2.12 bits per heavy atom. The first-order chi connectivity index (χ1) is 12.0. The molecule has 3 rings (SSSR count). The molecule has 6 heteroatoms. The topological polar surface area (TPSA) is 77.5 Å². The van der Waals surface area contributed by atoms with Crippen molar-refractivity contribution in [2.45, 2.75) is 39.0 Å². The Kier molecular flexibility index (Phi) is 4.97. The highest BCUT2D eigenvalue weighted by Gasteiger charge is 2.30. The molecule has 1 amide bonds. The van der Waals surface area contributed by atoms with Gasteiger partial charge in [-0.05, 0) is 31.5 Å². The molecule has 0 saturated heterocycles. The third-order valence-electron chi connectivity index (χ3n) is 3.83. The molecule has 0 fully saturated rings. The maximum atomic E-state index is 12.4. The second kappa shape index (κ2) is 7.34. The molecule has 130 valence electrons. The lowest BCUT2D eigenvalue weighted by atomic mass is 9.98. The first kappa shape index (κ1) is 17.0. The molecule has 1 aliphatic rings. The summed E-state index contributed by atoms with van der Waals surface area (Å²) in [5.41, 5.74) is 2.11. The summed E-state index contributed by atoms with van der Waals surface area (Å²) in [6.07, 6.45) is 1.17. The van der Waals surface area contributed by atoms with Crippen molar-refractivity contribution in [2.24, 2.45) is 0 Å². The van der Waals surface area contributed by atoms with E-state index in [-0.39, 0.29) is 18.6 Å². The predicted octanol–water partition coefficient (Wildman–Crippen LogP) is 2.27. The van der Waals surface area contributed by atoms with E-state index in [0.29, 0.717) is 17.9 Å². The van der Waals surface area contributed by atoms with Crippen LogP contribution in [-0.4, -0.2) is 29.1 Å².